The lowest BCUT2D eigenvalue weighted by atomic mass is 9.69. The summed E-state index contributed by atoms with van der Waals surface area (Å²) in [5, 5.41) is 0. The average Bonchev–Trinajstić information content (AvgIpc) is 2.58. The molecule has 0 aromatic heterocycles. The number of fused-ring (bicyclic) bond motifs is 1. The Balaban J connectivity index is 2.45. The fourth-order valence-corrected chi connectivity index (χ4v) is 3.48. The third kappa shape index (κ3) is 1.10. The Kier molecular flexibility index (Phi) is 2.22. The molecule has 0 amide bonds. The third-order valence-corrected chi connectivity index (χ3v) is 4.06. The van der Waals surface area contributed by atoms with Crippen molar-refractivity contribution >= 4 is 0 Å². The van der Waals surface area contributed by atoms with Crippen LogP contribution in [0, 0.1) is 5.41 Å². The summed E-state index contributed by atoms with van der Waals surface area (Å²) in [6.45, 7) is 8.90. The Morgan fingerprint density at radius 3 is 2.64 bits per heavy atom. The number of nitrogens with zero attached hydrogens (tertiary/aromatic N) is 1. The highest BCUT2D eigenvalue weighted by molar-refractivity contribution is 5.30. The maximum Gasteiger partial charge on any atom is 0.0878 e. The molecule has 0 aromatic carbocycles. The maximum atomic E-state index is 12.9. The molecule has 14 heavy (non-hydrogen) atoms. The molecule has 0 aromatic rings. The van der Waals surface area contributed by atoms with Gasteiger partial charge in [0.05, 0.1) is 6.33 Å². The van der Waals surface area contributed by atoms with Crippen molar-refractivity contribution in [3.05, 3.63) is 11.9 Å². The number of hydrogen-bond donors (Lipinski definition) is 0. The van der Waals surface area contributed by atoms with E-state index in [2.05, 4.69) is 25.7 Å². The van der Waals surface area contributed by atoms with E-state index in [1.807, 2.05) is 0 Å². The van der Waals surface area contributed by atoms with Crippen molar-refractivity contribution in [1.29, 1.82) is 0 Å². The zero-order chi connectivity index (χ0) is 10.4. The number of hydrogen-bond acceptors (Lipinski definition) is 1. The van der Waals surface area contributed by atoms with E-state index in [-0.39, 0.29) is 11.0 Å². The Bertz CT molecular complexity index is 264. The molecule has 2 aliphatic rings. The van der Waals surface area contributed by atoms with E-state index in [1.165, 1.54) is 6.42 Å². The van der Waals surface area contributed by atoms with Gasteiger partial charge in [-0.3, -0.25) is 4.90 Å². The molecule has 0 spiro atoms. The van der Waals surface area contributed by atoms with Crippen molar-refractivity contribution in [1.82, 2.24) is 4.90 Å². The van der Waals surface area contributed by atoms with Gasteiger partial charge in [-0.1, -0.05) is 20.8 Å². The van der Waals surface area contributed by atoms with Crippen LogP contribution in [0.1, 0.15) is 40.0 Å². The van der Waals surface area contributed by atoms with Gasteiger partial charge in [0.1, 0.15) is 0 Å². The highest BCUT2D eigenvalue weighted by Gasteiger charge is 2.54. The van der Waals surface area contributed by atoms with E-state index in [1.54, 1.807) is 0 Å². The molecule has 0 N–H and O–H groups in total. The second kappa shape index (κ2) is 3.06. The second-order valence-corrected chi connectivity index (χ2v) is 5.59. The molecule has 2 rings (SSSR count). The summed E-state index contributed by atoms with van der Waals surface area (Å²) in [5.74, 6) is 0. The van der Waals surface area contributed by atoms with Crippen LogP contribution in [0.25, 0.3) is 0 Å². The highest BCUT2D eigenvalue weighted by Crippen LogP contribution is 2.52. The molecule has 0 bridgehead atoms. The van der Waals surface area contributed by atoms with Crippen LogP contribution in [0.4, 0.5) is 4.39 Å². The lowest BCUT2D eigenvalue weighted by Gasteiger charge is -2.45. The number of rotatable bonds is 0. The largest absolute Gasteiger partial charge is 0.293 e. The zero-order valence-corrected chi connectivity index (χ0v) is 9.44. The lowest BCUT2D eigenvalue weighted by Crippen LogP contribution is -2.50. The van der Waals surface area contributed by atoms with Gasteiger partial charge in [0.25, 0.3) is 0 Å². The van der Waals surface area contributed by atoms with Crippen molar-refractivity contribution in [3.63, 3.8) is 0 Å². The summed E-state index contributed by atoms with van der Waals surface area (Å²) in [6, 6.07) is 0. The Morgan fingerprint density at radius 2 is 2.07 bits per heavy atom. The first kappa shape index (κ1) is 10.2. The minimum Gasteiger partial charge on any atom is -0.293 e. The standard InChI is InChI=1S/C12H20FN/c1-11(2,3)12-6-4-7-14(12)8-5-10(12)9-13/h9H,4-8H2,1-3H3/b10-9+. The van der Waals surface area contributed by atoms with Gasteiger partial charge in [-0.15, -0.1) is 0 Å². The summed E-state index contributed by atoms with van der Waals surface area (Å²) in [7, 11) is 0. The van der Waals surface area contributed by atoms with E-state index in [0.717, 1.165) is 37.8 Å². The van der Waals surface area contributed by atoms with Gasteiger partial charge in [-0.05, 0) is 36.8 Å². The molecule has 2 heterocycles. The molecule has 0 aliphatic carbocycles. The van der Waals surface area contributed by atoms with Crippen LogP contribution in [0.3, 0.4) is 0 Å². The van der Waals surface area contributed by atoms with Crippen molar-refractivity contribution in [3.8, 4) is 0 Å². The zero-order valence-electron chi connectivity index (χ0n) is 9.44. The Morgan fingerprint density at radius 1 is 1.36 bits per heavy atom. The minimum atomic E-state index is 0.0295. The average molecular weight is 197 g/mol. The predicted molar refractivity (Wildman–Crippen MR) is 56.8 cm³/mol. The first-order valence-electron chi connectivity index (χ1n) is 5.57. The van der Waals surface area contributed by atoms with Crippen molar-refractivity contribution in [2.24, 2.45) is 5.41 Å². The third-order valence-electron chi connectivity index (χ3n) is 4.06. The van der Waals surface area contributed by atoms with Crippen LogP contribution in [0.5, 0.6) is 0 Å². The molecule has 0 saturated carbocycles. The lowest BCUT2D eigenvalue weighted by molar-refractivity contribution is 0.0916. The van der Waals surface area contributed by atoms with Crippen LogP contribution < -0.4 is 0 Å². The minimum absolute atomic E-state index is 0.0295. The molecule has 0 radical (unpaired) electrons. The van der Waals surface area contributed by atoms with Crippen molar-refractivity contribution < 1.29 is 4.39 Å². The van der Waals surface area contributed by atoms with Gasteiger partial charge in [0, 0.05) is 12.1 Å². The SMILES string of the molecule is CC(C)(C)C12CCCN1CC/C2=C\F. The van der Waals surface area contributed by atoms with Gasteiger partial charge in [0.15, 0.2) is 0 Å². The quantitative estimate of drug-likeness (QED) is 0.576. The summed E-state index contributed by atoms with van der Waals surface area (Å²) >= 11 is 0. The van der Waals surface area contributed by atoms with Crippen LogP contribution >= 0.6 is 0 Å². The van der Waals surface area contributed by atoms with Crippen molar-refractivity contribution in [2.45, 2.75) is 45.6 Å². The highest BCUT2D eigenvalue weighted by atomic mass is 19.1. The molecule has 2 fully saturated rings. The Labute approximate surface area is 86.0 Å². The van der Waals surface area contributed by atoms with Crippen LogP contribution in [-0.2, 0) is 0 Å². The van der Waals surface area contributed by atoms with Gasteiger partial charge < -0.3 is 0 Å². The topological polar surface area (TPSA) is 3.24 Å². The molecule has 80 valence electrons. The van der Waals surface area contributed by atoms with Gasteiger partial charge in [-0.2, -0.15) is 0 Å². The molecule has 1 unspecified atom stereocenters. The number of halogens is 1. The summed E-state index contributed by atoms with van der Waals surface area (Å²) in [6.07, 6.45) is 4.14. The summed E-state index contributed by atoms with van der Waals surface area (Å²) < 4.78 is 12.9. The normalized spacial score (nSPS) is 36.7. The maximum absolute atomic E-state index is 12.9. The molecular formula is C12H20FN. The van der Waals surface area contributed by atoms with E-state index >= 15 is 0 Å². The molecule has 2 heteroatoms. The summed E-state index contributed by atoms with van der Waals surface area (Å²) in [4.78, 5) is 2.48. The van der Waals surface area contributed by atoms with E-state index in [0.29, 0.717) is 0 Å². The molecule has 2 saturated heterocycles. The first-order valence-corrected chi connectivity index (χ1v) is 5.57. The van der Waals surface area contributed by atoms with Crippen LogP contribution in [0.15, 0.2) is 11.9 Å². The van der Waals surface area contributed by atoms with E-state index in [9.17, 15) is 4.39 Å². The molecular weight excluding hydrogens is 177 g/mol. The fraction of sp³-hybridized carbons (Fsp3) is 0.833. The fourth-order valence-electron chi connectivity index (χ4n) is 3.48. The molecule has 1 nitrogen and oxygen atoms in total. The second-order valence-electron chi connectivity index (χ2n) is 5.59. The predicted octanol–water partition coefficient (Wildman–Crippen LogP) is 3.12. The summed E-state index contributed by atoms with van der Waals surface area (Å²) in [5.41, 5.74) is 1.21. The monoisotopic (exact) mass is 197 g/mol. The molecule has 1 atom stereocenters. The van der Waals surface area contributed by atoms with Gasteiger partial charge in [0.2, 0.25) is 0 Å². The smallest absolute Gasteiger partial charge is 0.0878 e. The van der Waals surface area contributed by atoms with E-state index in [4.69, 9.17) is 0 Å². The first-order chi connectivity index (χ1) is 6.52. The van der Waals surface area contributed by atoms with Crippen molar-refractivity contribution in [2.75, 3.05) is 13.1 Å². The Hall–Kier alpha value is -0.370. The van der Waals surface area contributed by atoms with Crippen LogP contribution in [0.2, 0.25) is 0 Å². The van der Waals surface area contributed by atoms with Gasteiger partial charge >= 0.3 is 0 Å². The van der Waals surface area contributed by atoms with Crippen LogP contribution in [-0.4, -0.2) is 23.5 Å². The van der Waals surface area contributed by atoms with E-state index < -0.39 is 0 Å². The van der Waals surface area contributed by atoms with Gasteiger partial charge in [-0.25, -0.2) is 4.39 Å². The molecule has 2 aliphatic heterocycles.